The lowest BCUT2D eigenvalue weighted by molar-refractivity contribution is 0.0694. The van der Waals surface area contributed by atoms with Gasteiger partial charge >= 0.3 is 5.97 Å². The first-order valence-electron chi connectivity index (χ1n) is 5.99. The van der Waals surface area contributed by atoms with Crippen LogP contribution in [0.3, 0.4) is 0 Å². The molecule has 0 aliphatic heterocycles. The number of pyridine rings is 2. The third kappa shape index (κ3) is 2.58. The summed E-state index contributed by atoms with van der Waals surface area (Å²) in [6.45, 7) is 1.89. The van der Waals surface area contributed by atoms with Gasteiger partial charge in [-0.15, -0.1) is 0 Å². The number of aromatic carboxylic acids is 1. The average molecular weight is 293 g/mol. The van der Waals surface area contributed by atoms with E-state index in [1.807, 2.05) is 6.92 Å². The minimum Gasteiger partial charge on any atom is -0.494 e. The number of carbonyl (C=O) groups is 1. The fraction of sp³-hybridized carbons (Fsp3) is 0.214. The van der Waals surface area contributed by atoms with Crippen LogP contribution < -0.4 is 4.74 Å². The highest BCUT2D eigenvalue weighted by molar-refractivity contribution is 6.29. The highest BCUT2D eigenvalue weighted by atomic mass is 35.5. The van der Waals surface area contributed by atoms with Crippen LogP contribution in [0.4, 0.5) is 0 Å². The molecule has 2 rings (SSSR count). The molecule has 5 nitrogen and oxygen atoms in total. The number of carboxylic acids is 1. The van der Waals surface area contributed by atoms with E-state index in [-0.39, 0.29) is 16.5 Å². The van der Waals surface area contributed by atoms with E-state index in [0.717, 1.165) is 0 Å². The Balaban J connectivity index is 2.73. The number of carboxylic acid groups (broad SMARTS) is 1. The summed E-state index contributed by atoms with van der Waals surface area (Å²) >= 11 is 5.85. The van der Waals surface area contributed by atoms with E-state index < -0.39 is 5.97 Å². The van der Waals surface area contributed by atoms with Crippen molar-refractivity contribution in [2.75, 3.05) is 7.11 Å². The Bertz CT molecular complexity index is 659. The van der Waals surface area contributed by atoms with E-state index in [2.05, 4.69) is 9.97 Å². The fourth-order valence-corrected chi connectivity index (χ4v) is 2.18. The Morgan fingerprint density at radius 2 is 2.20 bits per heavy atom. The predicted molar refractivity (Wildman–Crippen MR) is 75.4 cm³/mol. The van der Waals surface area contributed by atoms with Gasteiger partial charge in [0.15, 0.2) is 5.75 Å². The summed E-state index contributed by atoms with van der Waals surface area (Å²) in [5, 5.41) is 9.76. The van der Waals surface area contributed by atoms with Gasteiger partial charge in [-0.3, -0.25) is 4.98 Å². The second-order valence-electron chi connectivity index (χ2n) is 4.05. The maximum absolute atomic E-state index is 11.6. The van der Waals surface area contributed by atoms with E-state index in [1.54, 1.807) is 12.1 Å². The summed E-state index contributed by atoms with van der Waals surface area (Å²) in [7, 11) is 1.44. The molecule has 0 radical (unpaired) electrons. The zero-order chi connectivity index (χ0) is 14.7. The van der Waals surface area contributed by atoms with Gasteiger partial charge in [-0.25, -0.2) is 9.78 Å². The summed E-state index contributed by atoms with van der Waals surface area (Å²) in [4.78, 5) is 19.7. The molecule has 20 heavy (non-hydrogen) atoms. The SMILES string of the molecule is CCc1ncc(-c2ccnc(Cl)c2)c(C(=O)O)c1OC. The van der Waals surface area contributed by atoms with Crippen molar-refractivity contribution in [3.63, 3.8) is 0 Å². The molecule has 0 bridgehead atoms. The molecule has 1 N–H and O–H groups in total. The number of ether oxygens (including phenoxy) is 1. The van der Waals surface area contributed by atoms with E-state index in [1.165, 1.54) is 19.5 Å². The van der Waals surface area contributed by atoms with Crippen molar-refractivity contribution in [3.8, 4) is 16.9 Å². The summed E-state index contributed by atoms with van der Waals surface area (Å²) in [5.41, 5.74) is 1.78. The number of rotatable bonds is 4. The second kappa shape index (κ2) is 5.88. The van der Waals surface area contributed by atoms with E-state index in [0.29, 0.717) is 23.2 Å². The van der Waals surface area contributed by atoms with E-state index in [4.69, 9.17) is 16.3 Å². The van der Waals surface area contributed by atoms with E-state index >= 15 is 0 Å². The minimum absolute atomic E-state index is 0.0848. The summed E-state index contributed by atoms with van der Waals surface area (Å²) in [6.07, 6.45) is 3.63. The lowest BCUT2D eigenvalue weighted by Gasteiger charge is -2.13. The van der Waals surface area contributed by atoms with Crippen LogP contribution in [0.5, 0.6) is 5.75 Å². The summed E-state index contributed by atoms with van der Waals surface area (Å²) < 4.78 is 5.23. The van der Waals surface area contributed by atoms with Crippen molar-refractivity contribution in [2.24, 2.45) is 0 Å². The van der Waals surface area contributed by atoms with Crippen molar-refractivity contribution < 1.29 is 14.6 Å². The third-order valence-corrected chi connectivity index (χ3v) is 3.11. The van der Waals surface area contributed by atoms with Gasteiger partial charge in [-0.05, 0) is 24.1 Å². The molecule has 2 heterocycles. The third-order valence-electron chi connectivity index (χ3n) is 2.90. The molecule has 0 saturated heterocycles. The zero-order valence-electron chi connectivity index (χ0n) is 11.1. The molecule has 104 valence electrons. The first-order valence-corrected chi connectivity index (χ1v) is 6.37. The van der Waals surface area contributed by atoms with Crippen molar-refractivity contribution in [2.45, 2.75) is 13.3 Å². The molecule has 0 amide bonds. The molecule has 6 heteroatoms. The van der Waals surface area contributed by atoms with Crippen LogP contribution in [0.25, 0.3) is 11.1 Å². The largest absolute Gasteiger partial charge is 0.494 e. The molecule has 0 aromatic carbocycles. The number of hydrogen-bond acceptors (Lipinski definition) is 4. The van der Waals surface area contributed by atoms with Crippen molar-refractivity contribution >= 4 is 17.6 Å². The van der Waals surface area contributed by atoms with Crippen molar-refractivity contribution in [1.82, 2.24) is 9.97 Å². The molecule has 0 unspecified atom stereocenters. The lowest BCUT2D eigenvalue weighted by Crippen LogP contribution is -2.07. The number of halogens is 1. The number of aromatic nitrogens is 2. The highest BCUT2D eigenvalue weighted by Gasteiger charge is 2.21. The van der Waals surface area contributed by atoms with E-state index in [9.17, 15) is 9.90 Å². The Morgan fingerprint density at radius 1 is 1.45 bits per heavy atom. The lowest BCUT2D eigenvalue weighted by atomic mass is 10.0. The Morgan fingerprint density at radius 3 is 2.75 bits per heavy atom. The first-order chi connectivity index (χ1) is 9.58. The molecule has 2 aromatic rings. The van der Waals surface area contributed by atoms with Crippen LogP contribution in [0.15, 0.2) is 24.5 Å². The van der Waals surface area contributed by atoms with Crippen LogP contribution in [-0.2, 0) is 6.42 Å². The van der Waals surface area contributed by atoms with Gasteiger partial charge in [0.25, 0.3) is 0 Å². The number of methoxy groups -OCH3 is 1. The fourth-order valence-electron chi connectivity index (χ4n) is 2.01. The Kier molecular flexibility index (Phi) is 4.20. The normalized spacial score (nSPS) is 10.3. The topological polar surface area (TPSA) is 72.3 Å². The minimum atomic E-state index is -1.07. The van der Waals surface area contributed by atoms with Crippen LogP contribution in [-0.4, -0.2) is 28.2 Å². The highest BCUT2D eigenvalue weighted by Crippen LogP contribution is 2.33. The number of hydrogen-bond donors (Lipinski definition) is 1. The maximum Gasteiger partial charge on any atom is 0.340 e. The molecular formula is C14H13ClN2O3. The maximum atomic E-state index is 11.6. The molecule has 0 fully saturated rings. The average Bonchev–Trinajstić information content (AvgIpc) is 2.45. The second-order valence-corrected chi connectivity index (χ2v) is 4.44. The van der Waals surface area contributed by atoms with Gasteiger partial charge in [0.1, 0.15) is 10.7 Å². The van der Waals surface area contributed by atoms with Crippen molar-refractivity contribution in [3.05, 3.63) is 40.9 Å². The number of aryl methyl sites for hydroxylation is 1. The monoisotopic (exact) mass is 292 g/mol. The smallest absolute Gasteiger partial charge is 0.340 e. The van der Waals surface area contributed by atoms with Gasteiger partial charge in [0.05, 0.1) is 12.8 Å². The summed E-state index contributed by atoms with van der Waals surface area (Å²) in [6, 6.07) is 3.27. The van der Waals surface area contributed by atoms with Gasteiger partial charge in [-0.2, -0.15) is 0 Å². The molecule has 0 atom stereocenters. The van der Waals surface area contributed by atoms with Crippen LogP contribution in [0.2, 0.25) is 5.15 Å². The van der Waals surface area contributed by atoms with Crippen LogP contribution >= 0.6 is 11.6 Å². The Labute approximate surface area is 121 Å². The molecule has 0 aliphatic rings. The molecule has 0 saturated carbocycles. The van der Waals surface area contributed by atoms with Gasteiger partial charge in [0, 0.05) is 18.0 Å². The predicted octanol–water partition coefficient (Wildman–Crippen LogP) is 3.07. The first kappa shape index (κ1) is 14.3. The van der Waals surface area contributed by atoms with Gasteiger partial charge in [0.2, 0.25) is 0 Å². The molecule has 2 aromatic heterocycles. The van der Waals surface area contributed by atoms with Crippen LogP contribution in [0.1, 0.15) is 23.0 Å². The van der Waals surface area contributed by atoms with Gasteiger partial charge < -0.3 is 9.84 Å². The Hall–Kier alpha value is -2.14. The van der Waals surface area contributed by atoms with Crippen molar-refractivity contribution in [1.29, 1.82) is 0 Å². The number of nitrogens with zero attached hydrogens (tertiary/aromatic N) is 2. The van der Waals surface area contributed by atoms with Gasteiger partial charge in [-0.1, -0.05) is 18.5 Å². The summed E-state index contributed by atoms with van der Waals surface area (Å²) in [5.74, 6) is -0.785. The molecular weight excluding hydrogens is 280 g/mol. The molecule has 0 aliphatic carbocycles. The van der Waals surface area contributed by atoms with Crippen LogP contribution in [0, 0.1) is 0 Å². The standard InChI is InChI=1S/C14H13ClN2O3/c1-3-10-13(20-2)12(14(18)19)9(7-17-10)8-4-5-16-11(15)6-8/h4-7H,3H2,1-2H3,(H,18,19). The molecule has 0 spiro atoms. The zero-order valence-corrected chi connectivity index (χ0v) is 11.8. The quantitative estimate of drug-likeness (QED) is 0.877.